The highest BCUT2D eigenvalue weighted by molar-refractivity contribution is 14.1. The van der Waals surface area contributed by atoms with Gasteiger partial charge in [-0.1, -0.05) is 40.8 Å². The summed E-state index contributed by atoms with van der Waals surface area (Å²) in [4.78, 5) is 13.6. The largest absolute Gasteiger partial charge is 0.465 e. The predicted octanol–water partition coefficient (Wildman–Crippen LogP) is 3.22. The Hall–Kier alpha value is -0.770. The number of rotatable bonds is 5. The van der Waals surface area contributed by atoms with Crippen LogP contribution in [-0.4, -0.2) is 46.5 Å². The lowest BCUT2D eigenvalue weighted by Crippen LogP contribution is -2.44. The van der Waals surface area contributed by atoms with Crippen molar-refractivity contribution in [2.24, 2.45) is 5.84 Å². The van der Waals surface area contributed by atoms with Gasteiger partial charge in [0.25, 0.3) is 0 Å². The average Bonchev–Trinajstić information content (AvgIpc) is 2.66. The lowest BCUT2D eigenvalue weighted by molar-refractivity contribution is -0.141. The zero-order valence-corrected chi connectivity index (χ0v) is 17.2. The van der Waals surface area contributed by atoms with Gasteiger partial charge in [0.15, 0.2) is 0 Å². The first-order chi connectivity index (χ1) is 12.1. The van der Waals surface area contributed by atoms with Crippen LogP contribution in [0.1, 0.15) is 25.3 Å². The molecule has 1 aromatic rings. The van der Waals surface area contributed by atoms with Gasteiger partial charge in [-0.3, -0.25) is 4.79 Å². The van der Waals surface area contributed by atoms with Gasteiger partial charge in [-0.05, 0) is 31.4 Å². The molecule has 2 heterocycles. The maximum atomic E-state index is 12.3. The third-order valence-electron chi connectivity index (χ3n) is 4.47. The normalized spacial score (nSPS) is 19.3. The number of benzene rings is 1. The molecule has 136 valence electrons. The van der Waals surface area contributed by atoms with Crippen molar-refractivity contribution in [2.75, 3.05) is 25.6 Å². The zero-order valence-electron chi connectivity index (χ0n) is 14.2. The number of carbonyl (C=O) groups is 1. The van der Waals surface area contributed by atoms with Crippen molar-refractivity contribution in [2.45, 2.75) is 34.6 Å². The summed E-state index contributed by atoms with van der Waals surface area (Å²) in [5.74, 6) is 7.14. The first-order valence-electron chi connectivity index (χ1n) is 8.51. The summed E-state index contributed by atoms with van der Waals surface area (Å²) < 4.78 is 10.4. The highest BCUT2D eigenvalue weighted by atomic mass is 127. The van der Waals surface area contributed by atoms with Crippen LogP contribution < -0.4 is 5.84 Å². The molecule has 0 spiro atoms. The molecule has 2 aliphatic rings. The second-order valence-corrected chi connectivity index (χ2v) is 8.29. The monoisotopic (exact) mass is 474 g/mol. The van der Waals surface area contributed by atoms with Crippen LogP contribution >= 0.6 is 34.4 Å². The molecule has 1 atom stereocenters. The van der Waals surface area contributed by atoms with E-state index in [2.05, 4.69) is 34.7 Å². The van der Waals surface area contributed by atoms with Gasteiger partial charge < -0.3 is 14.5 Å². The van der Waals surface area contributed by atoms with Gasteiger partial charge in [0.05, 0.1) is 12.3 Å². The molecule has 1 unspecified atom stereocenters. The number of esters is 1. The van der Waals surface area contributed by atoms with Gasteiger partial charge in [0.1, 0.15) is 3.92 Å². The van der Waals surface area contributed by atoms with E-state index < -0.39 is 0 Å². The summed E-state index contributed by atoms with van der Waals surface area (Å²) in [6.07, 6.45) is 1.79. The van der Waals surface area contributed by atoms with Crippen LogP contribution in [0.5, 0.6) is 0 Å². The van der Waals surface area contributed by atoms with Gasteiger partial charge in [-0.2, -0.15) is 0 Å². The van der Waals surface area contributed by atoms with Crippen molar-refractivity contribution in [1.29, 1.82) is 0 Å². The summed E-state index contributed by atoms with van der Waals surface area (Å²) in [6, 6.07) is 8.48. The van der Waals surface area contributed by atoms with Crippen LogP contribution in [0.25, 0.3) is 5.70 Å². The van der Waals surface area contributed by atoms with Crippen molar-refractivity contribution in [3.8, 4) is 0 Å². The number of fused-ring (bicyclic) bond motifs is 1. The molecule has 0 radical (unpaired) electrons. The lowest BCUT2D eigenvalue weighted by atomic mass is 10.0. The number of nitrogens with zero attached hydrogens (tertiary/aromatic N) is 1. The standard InChI is InChI=1S/C18H23IN2O3S/c1-2-24-18(22)16(19)14-11-25-15-6-4-3-5-13(15)17(14)21(20)12-7-9-23-10-8-12/h3-6,12,16H,2,7-11,20H2,1H3. The first kappa shape index (κ1) is 19.0. The molecule has 25 heavy (non-hydrogen) atoms. The molecule has 0 amide bonds. The maximum absolute atomic E-state index is 12.3. The fourth-order valence-electron chi connectivity index (χ4n) is 3.19. The second-order valence-electron chi connectivity index (χ2n) is 6.02. The minimum Gasteiger partial charge on any atom is -0.465 e. The van der Waals surface area contributed by atoms with E-state index in [0.717, 1.165) is 48.6 Å². The average molecular weight is 474 g/mol. The van der Waals surface area contributed by atoms with Gasteiger partial charge in [0, 0.05) is 35.5 Å². The van der Waals surface area contributed by atoms with Gasteiger partial charge >= 0.3 is 5.97 Å². The highest BCUT2D eigenvalue weighted by Gasteiger charge is 2.33. The van der Waals surface area contributed by atoms with Crippen LogP contribution in [0, 0.1) is 0 Å². The Labute approximate surface area is 166 Å². The number of halogens is 1. The zero-order chi connectivity index (χ0) is 17.8. The SMILES string of the molecule is CCOC(=O)C(I)C1=C(N(N)C2CCOCC2)c2ccccc2SC1. The quantitative estimate of drug-likeness (QED) is 0.233. The van der Waals surface area contributed by atoms with E-state index in [4.69, 9.17) is 15.3 Å². The fraction of sp³-hybridized carbons (Fsp3) is 0.500. The molecule has 5 nitrogen and oxygen atoms in total. The van der Waals surface area contributed by atoms with Crippen LogP contribution in [0.15, 0.2) is 34.7 Å². The molecule has 3 rings (SSSR count). The molecule has 7 heteroatoms. The van der Waals surface area contributed by atoms with Crippen LogP contribution in [0.3, 0.4) is 0 Å². The number of hydrazine groups is 1. The van der Waals surface area contributed by atoms with Gasteiger partial charge in [0.2, 0.25) is 0 Å². The Bertz CT molecular complexity index is 661. The van der Waals surface area contributed by atoms with E-state index >= 15 is 0 Å². The van der Waals surface area contributed by atoms with Crippen molar-refractivity contribution >= 4 is 46.0 Å². The van der Waals surface area contributed by atoms with Crippen molar-refractivity contribution in [3.05, 3.63) is 35.4 Å². The Balaban J connectivity index is 2.01. The Morgan fingerprint density at radius 2 is 2.16 bits per heavy atom. The molecule has 0 bridgehead atoms. The van der Waals surface area contributed by atoms with Crippen LogP contribution in [0.2, 0.25) is 0 Å². The summed E-state index contributed by atoms with van der Waals surface area (Å²) in [5.41, 5.74) is 3.12. The van der Waals surface area contributed by atoms with Crippen molar-refractivity contribution in [3.63, 3.8) is 0 Å². The van der Waals surface area contributed by atoms with Gasteiger partial charge in [-0.25, -0.2) is 5.84 Å². The molecule has 2 N–H and O–H groups in total. The molecule has 0 aromatic heterocycles. The predicted molar refractivity (Wildman–Crippen MR) is 108 cm³/mol. The number of hydrogen-bond donors (Lipinski definition) is 1. The number of alkyl halides is 1. The minimum atomic E-state index is -0.334. The molecule has 1 fully saturated rings. The molecular formula is C18H23IN2O3S. The molecule has 2 aliphatic heterocycles. The lowest BCUT2D eigenvalue weighted by Gasteiger charge is -2.38. The van der Waals surface area contributed by atoms with Gasteiger partial charge in [-0.15, -0.1) is 11.8 Å². The van der Waals surface area contributed by atoms with E-state index in [1.54, 1.807) is 11.8 Å². The smallest absolute Gasteiger partial charge is 0.323 e. The van der Waals surface area contributed by atoms with E-state index in [1.165, 1.54) is 4.90 Å². The Kier molecular flexibility index (Phi) is 6.65. The Morgan fingerprint density at radius 3 is 2.88 bits per heavy atom. The number of hydrogen-bond acceptors (Lipinski definition) is 6. The first-order valence-corrected chi connectivity index (χ1v) is 10.7. The van der Waals surface area contributed by atoms with E-state index in [9.17, 15) is 4.79 Å². The summed E-state index contributed by atoms with van der Waals surface area (Å²) in [6.45, 7) is 3.67. The maximum Gasteiger partial charge on any atom is 0.323 e. The summed E-state index contributed by atoms with van der Waals surface area (Å²) in [7, 11) is 0. The van der Waals surface area contributed by atoms with Crippen LogP contribution in [0.4, 0.5) is 0 Å². The topological polar surface area (TPSA) is 64.8 Å². The third-order valence-corrected chi connectivity index (χ3v) is 6.85. The Morgan fingerprint density at radius 1 is 1.44 bits per heavy atom. The fourth-order valence-corrected chi connectivity index (χ4v) is 5.29. The minimum absolute atomic E-state index is 0.198. The number of ether oxygens (including phenoxy) is 2. The molecular weight excluding hydrogens is 451 g/mol. The van der Waals surface area contributed by atoms with E-state index in [-0.39, 0.29) is 15.9 Å². The number of carbonyl (C=O) groups excluding carboxylic acids is 1. The number of nitrogens with two attached hydrogens (primary N) is 1. The highest BCUT2D eigenvalue weighted by Crippen LogP contribution is 2.41. The third kappa shape index (κ3) is 4.15. The van der Waals surface area contributed by atoms with E-state index in [1.807, 2.05) is 24.1 Å². The molecule has 1 saturated heterocycles. The number of thioether (sulfide) groups is 1. The van der Waals surface area contributed by atoms with Crippen LogP contribution in [-0.2, 0) is 14.3 Å². The molecule has 1 aromatic carbocycles. The second kappa shape index (κ2) is 8.75. The van der Waals surface area contributed by atoms with Crippen molar-refractivity contribution in [1.82, 2.24) is 5.01 Å². The molecule has 0 aliphatic carbocycles. The van der Waals surface area contributed by atoms with E-state index in [0.29, 0.717) is 6.61 Å². The molecule has 0 saturated carbocycles. The summed E-state index contributed by atoms with van der Waals surface area (Å²) >= 11 is 3.93. The van der Waals surface area contributed by atoms with Crippen molar-refractivity contribution < 1.29 is 14.3 Å². The summed E-state index contributed by atoms with van der Waals surface area (Å²) in [5, 5.41) is 1.88.